The number of carbonyl (C=O) groups excluding carboxylic acids is 1. The van der Waals surface area contributed by atoms with Crippen molar-refractivity contribution in [1.82, 2.24) is 20.2 Å². The van der Waals surface area contributed by atoms with Crippen LogP contribution in [-0.4, -0.2) is 59.6 Å². The van der Waals surface area contributed by atoms with Gasteiger partial charge in [-0.2, -0.15) is 0 Å². The molecule has 0 radical (unpaired) electrons. The topological polar surface area (TPSA) is 79.4 Å². The third-order valence-electron chi connectivity index (χ3n) is 5.06. The first kappa shape index (κ1) is 16.9. The summed E-state index contributed by atoms with van der Waals surface area (Å²) in [4.78, 5) is 23.0. The Morgan fingerprint density at radius 3 is 2.69 bits per heavy atom. The minimum absolute atomic E-state index is 0.101. The fourth-order valence-electron chi connectivity index (χ4n) is 3.69. The number of nitrogens with zero attached hydrogens (tertiary/aromatic N) is 3. The maximum absolute atomic E-state index is 12.4. The quantitative estimate of drug-likeness (QED) is 0.866. The van der Waals surface area contributed by atoms with E-state index in [1.807, 2.05) is 18.2 Å². The van der Waals surface area contributed by atoms with E-state index in [9.17, 15) is 4.79 Å². The number of morpholine rings is 1. The molecular weight excluding hydrogens is 330 g/mol. The second-order valence-electron chi connectivity index (χ2n) is 6.79. The van der Waals surface area contributed by atoms with E-state index in [0.29, 0.717) is 24.2 Å². The molecule has 1 amide bonds. The highest BCUT2D eigenvalue weighted by molar-refractivity contribution is 5.93. The number of carbonyl (C=O) groups is 1. The lowest BCUT2D eigenvalue weighted by Crippen LogP contribution is -2.43. The summed E-state index contributed by atoms with van der Waals surface area (Å²) in [5.41, 5.74) is 1.69. The average molecular weight is 353 g/mol. The molecule has 2 N–H and O–H groups in total. The van der Waals surface area contributed by atoms with E-state index in [2.05, 4.69) is 37.6 Å². The molecule has 1 aromatic heterocycles. The predicted octanol–water partition coefficient (Wildman–Crippen LogP) is 1.46. The fourth-order valence-corrected chi connectivity index (χ4v) is 3.69. The van der Waals surface area contributed by atoms with Crippen LogP contribution in [0.4, 0.5) is 5.95 Å². The average Bonchev–Trinajstić information content (AvgIpc) is 3.10. The normalized spacial score (nSPS) is 25.5. The molecule has 2 aliphatic heterocycles. The molecule has 0 spiro atoms. The van der Waals surface area contributed by atoms with Crippen LogP contribution in [0.25, 0.3) is 0 Å². The molecule has 26 heavy (non-hydrogen) atoms. The maximum Gasteiger partial charge on any atom is 0.254 e. The monoisotopic (exact) mass is 353 g/mol. The molecule has 1 aromatic carbocycles. The second-order valence-corrected chi connectivity index (χ2v) is 6.79. The Balaban J connectivity index is 1.35. The van der Waals surface area contributed by atoms with Gasteiger partial charge in [0.25, 0.3) is 5.91 Å². The van der Waals surface area contributed by atoms with Gasteiger partial charge in [0.05, 0.1) is 18.3 Å². The van der Waals surface area contributed by atoms with Crippen molar-refractivity contribution in [2.24, 2.45) is 0 Å². The molecule has 2 aromatic rings. The maximum atomic E-state index is 12.4. The number of benzene rings is 1. The Bertz CT molecular complexity index is 752. The van der Waals surface area contributed by atoms with Crippen LogP contribution >= 0.6 is 0 Å². The second kappa shape index (κ2) is 7.39. The van der Waals surface area contributed by atoms with Crippen LogP contribution in [0, 0.1) is 0 Å². The molecule has 136 valence electrons. The number of anilines is 1. The van der Waals surface area contributed by atoms with Gasteiger partial charge < -0.3 is 15.4 Å². The Morgan fingerprint density at radius 2 is 1.96 bits per heavy atom. The fraction of sp³-hybridized carbons (Fsp3) is 0.421. The predicted molar refractivity (Wildman–Crippen MR) is 97.9 cm³/mol. The summed E-state index contributed by atoms with van der Waals surface area (Å²) in [6, 6.07) is 10.8. The number of hydrogen-bond donors (Lipinski definition) is 2. The van der Waals surface area contributed by atoms with E-state index in [-0.39, 0.29) is 18.1 Å². The van der Waals surface area contributed by atoms with E-state index >= 15 is 0 Å². The lowest BCUT2D eigenvalue weighted by Gasteiger charge is -2.35. The third kappa shape index (κ3) is 3.54. The van der Waals surface area contributed by atoms with Crippen LogP contribution in [0.5, 0.6) is 0 Å². The first-order valence-corrected chi connectivity index (χ1v) is 8.94. The van der Waals surface area contributed by atoms with Crippen molar-refractivity contribution in [3.8, 4) is 0 Å². The van der Waals surface area contributed by atoms with Gasteiger partial charge in [-0.1, -0.05) is 30.3 Å². The molecule has 3 heterocycles. The van der Waals surface area contributed by atoms with Crippen molar-refractivity contribution in [3.05, 3.63) is 53.9 Å². The Labute approximate surface area is 152 Å². The van der Waals surface area contributed by atoms with Gasteiger partial charge in [-0.15, -0.1) is 0 Å². The number of ether oxygens (including phenoxy) is 1. The van der Waals surface area contributed by atoms with Crippen LogP contribution in [0.2, 0.25) is 0 Å². The lowest BCUT2D eigenvalue weighted by atomic mass is 10.1. The van der Waals surface area contributed by atoms with Crippen molar-refractivity contribution >= 4 is 11.9 Å². The summed E-state index contributed by atoms with van der Waals surface area (Å²) in [6.07, 6.45) is 4.10. The van der Waals surface area contributed by atoms with Gasteiger partial charge >= 0.3 is 0 Å². The lowest BCUT2D eigenvalue weighted by molar-refractivity contribution is -0.0502. The minimum atomic E-state index is -0.127. The van der Waals surface area contributed by atoms with Gasteiger partial charge in [0.15, 0.2) is 0 Å². The van der Waals surface area contributed by atoms with Gasteiger partial charge in [-0.25, -0.2) is 9.97 Å². The standard InChI is InChI=1S/C19H23N5O2/c1-20-19-21-8-14(9-22-19)18(25)23-15-7-16-12-26-17(11-24(16)10-15)13-5-3-2-4-6-13/h2-6,8-9,15-17H,7,10-12H2,1H3,(H,23,25)(H,20,21,22)/t15-,16+,17-/m1/s1. The molecule has 0 saturated carbocycles. The zero-order valence-corrected chi connectivity index (χ0v) is 14.8. The number of hydrogen-bond acceptors (Lipinski definition) is 6. The number of fused-ring (bicyclic) bond motifs is 1. The van der Waals surface area contributed by atoms with Crippen LogP contribution in [0.1, 0.15) is 28.4 Å². The summed E-state index contributed by atoms with van der Waals surface area (Å²) >= 11 is 0. The zero-order chi connectivity index (χ0) is 17.9. The number of nitrogens with one attached hydrogen (secondary N) is 2. The Hall–Kier alpha value is -2.51. The SMILES string of the molecule is CNc1ncc(C(=O)N[C@@H]2C[C@H]3CO[C@@H](c4ccccc4)CN3C2)cn1. The molecular formula is C19H23N5O2. The van der Waals surface area contributed by atoms with Crippen molar-refractivity contribution in [1.29, 1.82) is 0 Å². The molecule has 7 heteroatoms. The molecule has 0 unspecified atom stereocenters. The number of amides is 1. The summed E-state index contributed by atoms with van der Waals surface area (Å²) in [6.45, 7) is 2.41. The molecule has 4 rings (SSSR count). The highest BCUT2D eigenvalue weighted by atomic mass is 16.5. The van der Waals surface area contributed by atoms with Crippen molar-refractivity contribution in [2.75, 3.05) is 32.1 Å². The van der Waals surface area contributed by atoms with Gasteiger partial charge in [-0.05, 0) is 12.0 Å². The van der Waals surface area contributed by atoms with E-state index < -0.39 is 0 Å². The first-order chi connectivity index (χ1) is 12.7. The summed E-state index contributed by atoms with van der Waals surface area (Å²) in [5, 5.41) is 5.95. The molecule has 2 fully saturated rings. The van der Waals surface area contributed by atoms with Gasteiger partial charge in [0.1, 0.15) is 0 Å². The molecule has 2 saturated heterocycles. The van der Waals surface area contributed by atoms with E-state index in [1.54, 1.807) is 19.4 Å². The largest absolute Gasteiger partial charge is 0.371 e. The summed E-state index contributed by atoms with van der Waals surface area (Å²) in [7, 11) is 1.74. The molecule has 3 atom stereocenters. The molecule has 7 nitrogen and oxygen atoms in total. The van der Waals surface area contributed by atoms with Crippen molar-refractivity contribution in [2.45, 2.75) is 24.6 Å². The van der Waals surface area contributed by atoms with Crippen molar-refractivity contribution < 1.29 is 9.53 Å². The van der Waals surface area contributed by atoms with Gasteiger partial charge in [0, 0.05) is 44.6 Å². The Morgan fingerprint density at radius 1 is 1.19 bits per heavy atom. The number of aromatic nitrogens is 2. The van der Waals surface area contributed by atoms with Gasteiger partial charge in [0.2, 0.25) is 5.95 Å². The van der Waals surface area contributed by atoms with Crippen molar-refractivity contribution in [3.63, 3.8) is 0 Å². The van der Waals surface area contributed by atoms with Crippen LogP contribution < -0.4 is 10.6 Å². The Kier molecular flexibility index (Phi) is 4.81. The van der Waals surface area contributed by atoms with Gasteiger partial charge in [-0.3, -0.25) is 9.69 Å². The minimum Gasteiger partial charge on any atom is -0.371 e. The van der Waals surface area contributed by atoms with Crippen LogP contribution in [0.3, 0.4) is 0 Å². The number of rotatable bonds is 4. The van der Waals surface area contributed by atoms with E-state index in [1.165, 1.54) is 5.56 Å². The molecule has 2 aliphatic rings. The first-order valence-electron chi connectivity index (χ1n) is 8.94. The zero-order valence-electron chi connectivity index (χ0n) is 14.8. The highest BCUT2D eigenvalue weighted by Crippen LogP contribution is 2.30. The smallest absolute Gasteiger partial charge is 0.254 e. The van der Waals surface area contributed by atoms with E-state index in [4.69, 9.17) is 4.74 Å². The molecule has 0 bridgehead atoms. The summed E-state index contributed by atoms with van der Waals surface area (Å²) in [5.74, 6) is 0.377. The highest BCUT2D eigenvalue weighted by Gasteiger charge is 2.38. The van der Waals surface area contributed by atoms with Crippen LogP contribution in [-0.2, 0) is 4.74 Å². The molecule has 0 aliphatic carbocycles. The summed E-state index contributed by atoms with van der Waals surface area (Å²) < 4.78 is 6.06. The van der Waals surface area contributed by atoms with Crippen LogP contribution in [0.15, 0.2) is 42.7 Å². The van der Waals surface area contributed by atoms with E-state index in [0.717, 1.165) is 19.5 Å². The third-order valence-corrected chi connectivity index (χ3v) is 5.06.